The Morgan fingerprint density at radius 2 is 2.00 bits per heavy atom. The van der Waals surface area contributed by atoms with Gasteiger partial charge in [-0.25, -0.2) is 4.98 Å². The predicted molar refractivity (Wildman–Crippen MR) is 93.3 cm³/mol. The summed E-state index contributed by atoms with van der Waals surface area (Å²) < 4.78 is 2.24. The molecular formula is C17H27N5. The summed E-state index contributed by atoms with van der Waals surface area (Å²) in [6.07, 6.45) is 0. The highest BCUT2D eigenvalue weighted by Crippen LogP contribution is 2.14. The van der Waals surface area contributed by atoms with Crippen molar-refractivity contribution in [3.05, 3.63) is 30.1 Å². The molecule has 1 unspecified atom stereocenters. The van der Waals surface area contributed by atoms with Crippen LogP contribution in [0, 0.1) is 12.8 Å². The van der Waals surface area contributed by atoms with Crippen LogP contribution >= 0.6 is 0 Å². The number of rotatable bonds is 5. The van der Waals surface area contributed by atoms with E-state index < -0.39 is 0 Å². The quantitative estimate of drug-likeness (QED) is 0.659. The van der Waals surface area contributed by atoms with Crippen LogP contribution in [0.25, 0.3) is 11.0 Å². The van der Waals surface area contributed by atoms with E-state index in [2.05, 4.69) is 64.1 Å². The minimum atomic E-state index is 0.391. The van der Waals surface area contributed by atoms with Crippen LogP contribution in [0.1, 0.15) is 26.6 Å². The van der Waals surface area contributed by atoms with E-state index in [1.165, 1.54) is 5.52 Å². The van der Waals surface area contributed by atoms with Crippen LogP contribution in [0.2, 0.25) is 0 Å². The van der Waals surface area contributed by atoms with E-state index in [0.717, 1.165) is 30.4 Å². The number of nitrogens with zero attached hydrogens (tertiary/aromatic N) is 3. The summed E-state index contributed by atoms with van der Waals surface area (Å²) in [6, 6.07) is 8.64. The first kappa shape index (κ1) is 16.3. The van der Waals surface area contributed by atoms with E-state index >= 15 is 0 Å². The lowest BCUT2D eigenvalue weighted by Gasteiger charge is -2.21. The van der Waals surface area contributed by atoms with Crippen molar-refractivity contribution in [1.82, 2.24) is 20.2 Å². The Balaban J connectivity index is 1.96. The summed E-state index contributed by atoms with van der Waals surface area (Å²) in [5.41, 5.74) is 2.23. The molecular weight excluding hydrogens is 274 g/mol. The number of aryl methyl sites for hydroxylation is 1. The molecule has 0 aliphatic heterocycles. The van der Waals surface area contributed by atoms with Crippen LogP contribution in [0.5, 0.6) is 0 Å². The van der Waals surface area contributed by atoms with Gasteiger partial charge in [0.1, 0.15) is 5.82 Å². The lowest BCUT2D eigenvalue weighted by Crippen LogP contribution is -2.45. The van der Waals surface area contributed by atoms with Crippen molar-refractivity contribution < 1.29 is 0 Å². The second kappa shape index (κ2) is 7.29. The molecule has 0 aliphatic rings. The van der Waals surface area contributed by atoms with Gasteiger partial charge in [-0.05, 0) is 31.9 Å². The zero-order valence-electron chi connectivity index (χ0n) is 14.2. The third-order valence-corrected chi connectivity index (χ3v) is 4.06. The molecule has 1 heterocycles. The molecule has 5 heteroatoms. The molecule has 0 radical (unpaired) electrons. The van der Waals surface area contributed by atoms with E-state index in [0.29, 0.717) is 12.0 Å². The zero-order chi connectivity index (χ0) is 16.1. The number of hydrogen-bond donors (Lipinski definition) is 2. The number of imidazole rings is 1. The van der Waals surface area contributed by atoms with E-state index in [4.69, 9.17) is 0 Å². The molecule has 0 saturated heterocycles. The number of hydrogen-bond acceptors (Lipinski definition) is 2. The first-order valence-corrected chi connectivity index (χ1v) is 7.92. The third kappa shape index (κ3) is 3.78. The highest BCUT2D eigenvalue weighted by Gasteiger charge is 2.09. The molecule has 2 rings (SSSR count). The second-order valence-electron chi connectivity index (χ2n) is 5.98. The molecule has 120 valence electrons. The van der Waals surface area contributed by atoms with Gasteiger partial charge >= 0.3 is 0 Å². The van der Waals surface area contributed by atoms with Crippen molar-refractivity contribution >= 4 is 17.0 Å². The number of benzene rings is 1. The summed E-state index contributed by atoms with van der Waals surface area (Å²) >= 11 is 0. The molecule has 0 spiro atoms. The highest BCUT2D eigenvalue weighted by atomic mass is 15.2. The molecule has 0 aliphatic carbocycles. The smallest absolute Gasteiger partial charge is 0.191 e. The maximum atomic E-state index is 4.59. The highest BCUT2D eigenvalue weighted by molar-refractivity contribution is 5.80. The van der Waals surface area contributed by atoms with E-state index in [9.17, 15) is 0 Å². The fourth-order valence-corrected chi connectivity index (χ4v) is 2.34. The molecule has 5 nitrogen and oxygen atoms in total. The number of para-hydroxylation sites is 2. The van der Waals surface area contributed by atoms with Gasteiger partial charge in [-0.2, -0.15) is 0 Å². The van der Waals surface area contributed by atoms with Crippen LogP contribution in [0.3, 0.4) is 0 Å². The normalized spacial score (nSPS) is 13.6. The molecule has 2 N–H and O–H groups in total. The Labute approximate surface area is 132 Å². The molecule has 0 fully saturated rings. The standard InChI is InChI=1S/C17H27N5/c1-12(2)13(3)20-17(18-5)19-10-11-22-14(4)21-15-8-6-7-9-16(15)22/h6-9,12-13H,10-11H2,1-5H3,(H2,18,19,20). The van der Waals surface area contributed by atoms with E-state index in [1.807, 2.05) is 13.0 Å². The van der Waals surface area contributed by atoms with Gasteiger partial charge in [0, 0.05) is 26.2 Å². The zero-order valence-corrected chi connectivity index (χ0v) is 14.2. The molecule has 0 saturated carbocycles. The Morgan fingerprint density at radius 3 is 2.68 bits per heavy atom. The van der Waals surface area contributed by atoms with Crippen molar-refractivity contribution in [2.75, 3.05) is 13.6 Å². The molecule has 2 aromatic rings. The number of aliphatic imine (C=N–C) groups is 1. The molecule has 0 amide bonds. The number of guanidine groups is 1. The van der Waals surface area contributed by atoms with Crippen molar-refractivity contribution in [3.8, 4) is 0 Å². The fourth-order valence-electron chi connectivity index (χ4n) is 2.34. The van der Waals surface area contributed by atoms with Crippen molar-refractivity contribution in [1.29, 1.82) is 0 Å². The largest absolute Gasteiger partial charge is 0.355 e. The average Bonchev–Trinajstić information content (AvgIpc) is 2.81. The Hall–Kier alpha value is -2.04. The summed E-state index contributed by atoms with van der Waals surface area (Å²) in [7, 11) is 1.81. The van der Waals surface area contributed by atoms with Gasteiger partial charge in [0.25, 0.3) is 0 Å². The number of aromatic nitrogens is 2. The summed E-state index contributed by atoms with van der Waals surface area (Å²) in [5.74, 6) is 2.46. The summed E-state index contributed by atoms with van der Waals surface area (Å²) in [6.45, 7) is 10.3. The summed E-state index contributed by atoms with van der Waals surface area (Å²) in [4.78, 5) is 8.88. The van der Waals surface area contributed by atoms with Gasteiger partial charge in [0.05, 0.1) is 11.0 Å². The van der Waals surface area contributed by atoms with Crippen molar-refractivity contribution in [3.63, 3.8) is 0 Å². The fraction of sp³-hybridized carbons (Fsp3) is 0.529. The Morgan fingerprint density at radius 1 is 1.27 bits per heavy atom. The first-order chi connectivity index (χ1) is 10.5. The van der Waals surface area contributed by atoms with Crippen LogP contribution in [-0.4, -0.2) is 35.1 Å². The molecule has 22 heavy (non-hydrogen) atoms. The van der Waals surface area contributed by atoms with Crippen molar-refractivity contribution in [2.45, 2.75) is 40.3 Å². The van der Waals surface area contributed by atoms with E-state index in [1.54, 1.807) is 7.05 Å². The lowest BCUT2D eigenvalue weighted by molar-refractivity contribution is 0.480. The Bertz CT molecular complexity index is 642. The van der Waals surface area contributed by atoms with Gasteiger partial charge in [0.2, 0.25) is 0 Å². The van der Waals surface area contributed by atoms with Crippen LogP contribution < -0.4 is 10.6 Å². The molecule has 1 aromatic carbocycles. The molecule has 1 atom stereocenters. The number of nitrogens with one attached hydrogen (secondary N) is 2. The van der Waals surface area contributed by atoms with Crippen molar-refractivity contribution in [2.24, 2.45) is 10.9 Å². The maximum absolute atomic E-state index is 4.59. The minimum Gasteiger partial charge on any atom is -0.355 e. The lowest BCUT2D eigenvalue weighted by atomic mass is 10.1. The van der Waals surface area contributed by atoms with Gasteiger partial charge in [-0.15, -0.1) is 0 Å². The summed E-state index contributed by atoms with van der Waals surface area (Å²) in [5, 5.41) is 6.79. The van der Waals surface area contributed by atoms with Crippen LogP contribution in [0.15, 0.2) is 29.3 Å². The van der Waals surface area contributed by atoms with Gasteiger partial charge < -0.3 is 15.2 Å². The SMILES string of the molecule is CN=C(NCCn1c(C)nc2ccccc21)NC(C)C(C)C. The molecule has 1 aromatic heterocycles. The molecule has 0 bridgehead atoms. The monoisotopic (exact) mass is 301 g/mol. The van der Waals surface area contributed by atoms with Gasteiger partial charge in [-0.1, -0.05) is 26.0 Å². The minimum absolute atomic E-state index is 0.391. The van der Waals surface area contributed by atoms with Gasteiger partial charge in [0.15, 0.2) is 5.96 Å². The number of fused-ring (bicyclic) bond motifs is 1. The topological polar surface area (TPSA) is 54.2 Å². The Kier molecular flexibility index (Phi) is 5.41. The van der Waals surface area contributed by atoms with Crippen LogP contribution in [0.4, 0.5) is 0 Å². The van der Waals surface area contributed by atoms with Gasteiger partial charge in [-0.3, -0.25) is 4.99 Å². The van der Waals surface area contributed by atoms with E-state index in [-0.39, 0.29) is 0 Å². The second-order valence-corrected chi connectivity index (χ2v) is 5.98. The first-order valence-electron chi connectivity index (χ1n) is 7.92. The maximum Gasteiger partial charge on any atom is 0.191 e. The predicted octanol–water partition coefficient (Wildman–Crippen LogP) is 2.55. The van der Waals surface area contributed by atoms with Crippen LogP contribution in [-0.2, 0) is 6.54 Å². The third-order valence-electron chi connectivity index (χ3n) is 4.06. The average molecular weight is 301 g/mol.